The van der Waals surface area contributed by atoms with Gasteiger partial charge in [-0.05, 0) is 38.5 Å². The Balaban J connectivity index is 1.71. The van der Waals surface area contributed by atoms with Gasteiger partial charge < -0.3 is 0 Å². The number of hydrogen-bond donors (Lipinski definition) is 0. The molecule has 0 radical (unpaired) electrons. The second kappa shape index (κ2) is 7.31. The lowest BCUT2D eigenvalue weighted by Gasteiger charge is -2.34. The minimum atomic E-state index is -3.52. The van der Waals surface area contributed by atoms with Gasteiger partial charge in [0.2, 0.25) is 10.0 Å². The molecule has 0 spiro atoms. The second-order valence-electron chi connectivity index (χ2n) is 6.82. The van der Waals surface area contributed by atoms with Crippen LogP contribution >= 0.6 is 11.6 Å². The summed E-state index contributed by atoms with van der Waals surface area (Å²) in [5, 5.41) is 4.94. The molecule has 142 valence electrons. The van der Waals surface area contributed by atoms with Crippen molar-refractivity contribution in [2.24, 2.45) is 7.05 Å². The molecule has 0 bridgehead atoms. The Hall–Kier alpha value is -1.41. The molecule has 1 fully saturated rings. The average molecular weight is 397 g/mol. The third kappa shape index (κ3) is 3.53. The highest BCUT2D eigenvalue weighted by Crippen LogP contribution is 2.26. The lowest BCUT2D eigenvalue weighted by molar-refractivity contribution is 0.181. The SMILES string of the molecule is Cc1nn(C)c(C)c1CN1CCN(S(=O)(=O)c2cccc(Cl)c2C)CC1. The monoisotopic (exact) mass is 396 g/mol. The molecule has 8 heteroatoms. The Kier molecular flexibility index (Phi) is 5.44. The fraction of sp³-hybridized carbons (Fsp3) is 0.500. The summed E-state index contributed by atoms with van der Waals surface area (Å²) in [4.78, 5) is 2.59. The molecule has 2 aromatic rings. The third-order valence-corrected chi connectivity index (χ3v) is 7.66. The van der Waals surface area contributed by atoms with E-state index in [1.165, 1.54) is 5.56 Å². The largest absolute Gasteiger partial charge is 0.296 e. The summed E-state index contributed by atoms with van der Waals surface area (Å²) in [6, 6.07) is 5.03. The zero-order valence-corrected chi connectivity index (χ0v) is 17.2. The fourth-order valence-electron chi connectivity index (χ4n) is 3.40. The molecule has 1 aromatic carbocycles. The van der Waals surface area contributed by atoms with Crippen LogP contribution in [0.2, 0.25) is 5.02 Å². The molecule has 0 amide bonds. The number of aryl methyl sites for hydroxylation is 2. The molecule has 1 aliphatic heterocycles. The molecular formula is C18H25ClN4O2S. The molecule has 0 unspecified atom stereocenters. The maximum Gasteiger partial charge on any atom is 0.243 e. The molecule has 1 saturated heterocycles. The van der Waals surface area contributed by atoms with Crippen LogP contribution in [0.3, 0.4) is 0 Å². The number of piperazine rings is 1. The van der Waals surface area contributed by atoms with E-state index in [1.807, 2.05) is 18.7 Å². The topological polar surface area (TPSA) is 58.4 Å². The first-order valence-electron chi connectivity index (χ1n) is 8.68. The predicted octanol–water partition coefficient (Wildman–Crippen LogP) is 2.51. The summed E-state index contributed by atoms with van der Waals surface area (Å²) < 4.78 is 29.4. The Morgan fingerprint density at radius 1 is 1.12 bits per heavy atom. The van der Waals surface area contributed by atoms with Gasteiger partial charge in [-0.25, -0.2) is 8.42 Å². The van der Waals surface area contributed by atoms with E-state index in [1.54, 1.807) is 29.4 Å². The van der Waals surface area contributed by atoms with E-state index in [0.717, 1.165) is 17.9 Å². The Bertz CT molecular complexity index is 916. The molecule has 0 N–H and O–H groups in total. The molecular weight excluding hydrogens is 372 g/mol. The van der Waals surface area contributed by atoms with Crippen molar-refractivity contribution in [3.8, 4) is 0 Å². The van der Waals surface area contributed by atoms with E-state index in [4.69, 9.17) is 11.6 Å². The summed E-state index contributed by atoms with van der Waals surface area (Å²) in [7, 11) is -1.57. The fourth-order valence-corrected chi connectivity index (χ4v) is 5.30. The van der Waals surface area contributed by atoms with Gasteiger partial charge in [-0.3, -0.25) is 9.58 Å². The number of hydrogen-bond acceptors (Lipinski definition) is 4. The molecule has 3 rings (SSSR count). The third-order valence-electron chi connectivity index (χ3n) is 5.21. The highest BCUT2D eigenvalue weighted by Gasteiger charge is 2.30. The van der Waals surface area contributed by atoms with Gasteiger partial charge in [-0.15, -0.1) is 0 Å². The van der Waals surface area contributed by atoms with E-state index in [2.05, 4.69) is 16.9 Å². The first-order valence-corrected chi connectivity index (χ1v) is 10.5. The number of nitrogens with zero attached hydrogens (tertiary/aromatic N) is 4. The average Bonchev–Trinajstić information content (AvgIpc) is 2.84. The Labute approximate surface area is 160 Å². The van der Waals surface area contributed by atoms with Crippen molar-refractivity contribution >= 4 is 21.6 Å². The molecule has 0 atom stereocenters. The quantitative estimate of drug-likeness (QED) is 0.796. The van der Waals surface area contributed by atoms with Gasteiger partial charge in [-0.1, -0.05) is 17.7 Å². The molecule has 0 saturated carbocycles. The predicted molar refractivity (Wildman–Crippen MR) is 103 cm³/mol. The van der Waals surface area contributed by atoms with Crippen LogP contribution in [0.1, 0.15) is 22.5 Å². The van der Waals surface area contributed by atoms with Crippen LogP contribution < -0.4 is 0 Å². The standard InChI is InChI=1S/C18H25ClN4O2S/c1-13-17(19)6-5-7-18(13)26(24,25)23-10-8-22(9-11-23)12-16-14(2)20-21(4)15(16)3/h5-7H,8-12H2,1-4H3. The molecule has 1 aromatic heterocycles. The molecule has 6 nitrogen and oxygen atoms in total. The second-order valence-corrected chi connectivity index (χ2v) is 9.13. The zero-order chi connectivity index (χ0) is 19.1. The minimum absolute atomic E-state index is 0.303. The molecule has 2 heterocycles. The Morgan fingerprint density at radius 3 is 2.35 bits per heavy atom. The summed E-state index contributed by atoms with van der Waals surface area (Å²) in [5.74, 6) is 0. The van der Waals surface area contributed by atoms with Crippen molar-refractivity contribution in [3.05, 3.63) is 45.7 Å². The van der Waals surface area contributed by atoms with Crippen LogP contribution in [-0.4, -0.2) is 53.6 Å². The van der Waals surface area contributed by atoms with Crippen molar-refractivity contribution in [3.63, 3.8) is 0 Å². The van der Waals surface area contributed by atoms with E-state index >= 15 is 0 Å². The van der Waals surface area contributed by atoms with Crippen molar-refractivity contribution in [1.82, 2.24) is 19.0 Å². The van der Waals surface area contributed by atoms with E-state index in [9.17, 15) is 8.42 Å². The van der Waals surface area contributed by atoms with Crippen LogP contribution in [0.15, 0.2) is 23.1 Å². The van der Waals surface area contributed by atoms with Gasteiger partial charge in [0.25, 0.3) is 0 Å². The van der Waals surface area contributed by atoms with Gasteiger partial charge in [0, 0.05) is 56.1 Å². The highest BCUT2D eigenvalue weighted by molar-refractivity contribution is 7.89. The molecule has 26 heavy (non-hydrogen) atoms. The molecule has 1 aliphatic rings. The van der Waals surface area contributed by atoms with Crippen LogP contribution in [0.4, 0.5) is 0 Å². The van der Waals surface area contributed by atoms with Gasteiger partial charge in [0.1, 0.15) is 0 Å². The zero-order valence-electron chi connectivity index (χ0n) is 15.7. The Morgan fingerprint density at radius 2 is 1.77 bits per heavy atom. The number of rotatable bonds is 4. The number of aromatic nitrogens is 2. The van der Waals surface area contributed by atoms with Gasteiger partial charge in [-0.2, -0.15) is 9.40 Å². The van der Waals surface area contributed by atoms with Crippen molar-refractivity contribution in [1.29, 1.82) is 0 Å². The van der Waals surface area contributed by atoms with Crippen molar-refractivity contribution in [2.45, 2.75) is 32.2 Å². The summed E-state index contributed by atoms with van der Waals surface area (Å²) in [6.45, 7) is 9.00. The van der Waals surface area contributed by atoms with E-state index < -0.39 is 10.0 Å². The van der Waals surface area contributed by atoms with E-state index in [-0.39, 0.29) is 0 Å². The lowest BCUT2D eigenvalue weighted by atomic mass is 10.1. The summed E-state index contributed by atoms with van der Waals surface area (Å²) in [6.07, 6.45) is 0. The van der Waals surface area contributed by atoms with Crippen LogP contribution in [0.5, 0.6) is 0 Å². The highest BCUT2D eigenvalue weighted by atomic mass is 35.5. The first-order chi connectivity index (χ1) is 12.2. The van der Waals surface area contributed by atoms with Gasteiger partial charge >= 0.3 is 0 Å². The van der Waals surface area contributed by atoms with Gasteiger partial charge in [0.05, 0.1) is 10.6 Å². The van der Waals surface area contributed by atoms with E-state index in [0.29, 0.717) is 41.7 Å². The van der Waals surface area contributed by atoms with Crippen LogP contribution in [-0.2, 0) is 23.6 Å². The summed E-state index contributed by atoms with van der Waals surface area (Å²) >= 11 is 6.10. The molecule has 0 aliphatic carbocycles. The normalized spacial score (nSPS) is 17.0. The lowest BCUT2D eigenvalue weighted by Crippen LogP contribution is -2.48. The van der Waals surface area contributed by atoms with Crippen molar-refractivity contribution in [2.75, 3.05) is 26.2 Å². The van der Waals surface area contributed by atoms with Crippen LogP contribution in [0, 0.1) is 20.8 Å². The summed E-state index contributed by atoms with van der Waals surface area (Å²) in [5.41, 5.74) is 4.04. The first kappa shape index (κ1) is 19.4. The minimum Gasteiger partial charge on any atom is -0.296 e. The number of halogens is 1. The van der Waals surface area contributed by atoms with Gasteiger partial charge in [0.15, 0.2) is 0 Å². The van der Waals surface area contributed by atoms with Crippen molar-refractivity contribution < 1.29 is 8.42 Å². The number of benzene rings is 1. The smallest absolute Gasteiger partial charge is 0.243 e. The maximum absolute atomic E-state index is 13.0. The van der Waals surface area contributed by atoms with Crippen LogP contribution in [0.25, 0.3) is 0 Å². The number of sulfonamides is 1. The maximum atomic E-state index is 13.0.